The average Bonchev–Trinajstić information content (AvgIpc) is 2.07. The van der Waals surface area contributed by atoms with Crippen molar-refractivity contribution in [2.24, 2.45) is 0 Å². The maximum atomic E-state index is 6.59. The monoisotopic (exact) mass is 204 g/mol. The fourth-order valence-electron chi connectivity index (χ4n) is 0.794. The van der Waals surface area contributed by atoms with Crippen LogP contribution >= 0.6 is 0 Å². The zero-order valence-electron chi connectivity index (χ0n) is 7.29. The van der Waals surface area contributed by atoms with E-state index in [1.54, 1.807) is 0 Å². The second-order valence-electron chi connectivity index (χ2n) is 2.16. The molecule has 0 spiro atoms. The Kier molecular flexibility index (Phi) is 11.6. The first kappa shape index (κ1) is 15.3. The molecule has 0 aromatic heterocycles. The van der Waals surface area contributed by atoms with Crippen LogP contribution in [0.1, 0.15) is 5.56 Å². The standard InChI is InChI=1S/C10H9O.ClH.Mg/c1-2-8-11-9-10-6-4-3-5-7-10;;/h3-7H,8-9H2;1H;/q-1;;+2/p-1. The van der Waals surface area contributed by atoms with E-state index in [9.17, 15) is 0 Å². The molecule has 0 aliphatic rings. The Labute approximate surface area is 101 Å². The van der Waals surface area contributed by atoms with Crippen LogP contribution in [0.5, 0.6) is 0 Å². The first-order valence-electron chi connectivity index (χ1n) is 3.45. The summed E-state index contributed by atoms with van der Waals surface area (Å²) >= 11 is 0. The van der Waals surface area contributed by atoms with Crippen molar-refractivity contribution in [3.63, 3.8) is 0 Å². The van der Waals surface area contributed by atoms with Crippen molar-refractivity contribution < 1.29 is 17.1 Å². The second-order valence-corrected chi connectivity index (χ2v) is 2.16. The normalized spacial score (nSPS) is 7.62. The summed E-state index contributed by atoms with van der Waals surface area (Å²) in [6.45, 7) is 0.835. The third kappa shape index (κ3) is 6.91. The van der Waals surface area contributed by atoms with E-state index < -0.39 is 0 Å². The van der Waals surface area contributed by atoms with Crippen molar-refractivity contribution in [1.82, 2.24) is 0 Å². The van der Waals surface area contributed by atoms with Crippen LogP contribution < -0.4 is 12.4 Å². The van der Waals surface area contributed by atoms with Crippen LogP contribution in [0.15, 0.2) is 30.3 Å². The molecule has 13 heavy (non-hydrogen) atoms. The molecule has 0 heterocycles. The van der Waals surface area contributed by atoms with E-state index in [0.29, 0.717) is 6.61 Å². The molecule has 3 heteroatoms. The van der Waals surface area contributed by atoms with Gasteiger partial charge < -0.3 is 29.5 Å². The summed E-state index contributed by atoms with van der Waals surface area (Å²) in [4.78, 5) is 0. The predicted molar refractivity (Wildman–Crippen MR) is 49.0 cm³/mol. The van der Waals surface area contributed by atoms with Crippen molar-refractivity contribution in [2.45, 2.75) is 6.61 Å². The van der Waals surface area contributed by atoms with Crippen LogP contribution in [0.3, 0.4) is 0 Å². The summed E-state index contributed by atoms with van der Waals surface area (Å²) in [7, 11) is 0. The molecule has 0 N–H and O–H groups in total. The molecule has 0 fully saturated rings. The first-order chi connectivity index (χ1) is 5.43. The quantitative estimate of drug-likeness (QED) is 0.250. The van der Waals surface area contributed by atoms with Crippen molar-refractivity contribution in [2.75, 3.05) is 6.61 Å². The molecule has 0 bridgehead atoms. The van der Waals surface area contributed by atoms with E-state index in [4.69, 9.17) is 11.2 Å². The molecule has 1 nitrogen and oxygen atoms in total. The summed E-state index contributed by atoms with van der Waals surface area (Å²) < 4.78 is 5.07. The summed E-state index contributed by atoms with van der Waals surface area (Å²) in [5, 5.41) is 0. The van der Waals surface area contributed by atoms with Gasteiger partial charge in [0.25, 0.3) is 0 Å². The van der Waals surface area contributed by atoms with Crippen LogP contribution in [0.2, 0.25) is 0 Å². The Morgan fingerprint density at radius 1 is 1.23 bits per heavy atom. The Morgan fingerprint density at radius 2 is 1.85 bits per heavy atom. The number of hydrogen-bond acceptors (Lipinski definition) is 1. The van der Waals surface area contributed by atoms with E-state index in [-0.39, 0.29) is 42.1 Å². The van der Waals surface area contributed by atoms with E-state index in [2.05, 4.69) is 5.92 Å². The molecule has 1 aromatic rings. The van der Waals surface area contributed by atoms with Gasteiger partial charge in [-0.15, -0.1) is 0 Å². The molecule has 0 radical (unpaired) electrons. The van der Waals surface area contributed by atoms with E-state index in [1.807, 2.05) is 30.3 Å². The maximum absolute atomic E-state index is 6.59. The minimum atomic E-state index is 0. The molecule has 1 rings (SSSR count). The van der Waals surface area contributed by atoms with Crippen LogP contribution in [0.25, 0.3) is 0 Å². The van der Waals surface area contributed by atoms with Crippen LogP contribution in [0, 0.1) is 12.3 Å². The Bertz CT molecular complexity index is 243. The predicted octanol–water partition coefficient (Wildman–Crippen LogP) is -1.58. The molecule has 1 aromatic carbocycles. The molecule has 64 valence electrons. The number of ether oxygens (including phenoxy) is 1. The number of halogens is 1. The zero-order chi connectivity index (χ0) is 7.94. The summed E-state index contributed by atoms with van der Waals surface area (Å²) in [6.07, 6.45) is 6.59. The minimum absolute atomic E-state index is 0. The van der Waals surface area contributed by atoms with Crippen molar-refractivity contribution in [3.8, 4) is 5.92 Å². The maximum Gasteiger partial charge on any atom is 2.00 e. The molecule has 0 amide bonds. The Hall–Kier alpha value is -0.204. The molecule has 0 atom stereocenters. The second kappa shape index (κ2) is 9.88. The van der Waals surface area contributed by atoms with Gasteiger partial charge in [0.2, 0.25) is 0 Å². The Balaban J connectivity index is 0. The number of hydrogen-bond donors (Lipinski definition) is 0. The summed E-state index contributed by atoms with van der Waals surface area (Å²) in [5.74, 6) is 2.17. The molecular formula is C10H9ClMgO. The SMILES string of the molecule is [C-]#CCOCc1ccccc1.[Cl-].[Mg+2]. The largest absolute Gasteiger partial charge is 2.00 e. The first-order valence-corrected chi connectivity index (χ1v) is 3.45. The third-order valence-electron chi connectivity index (χ3n) is 1.29. The number of rotatable bonds is 3. The van der Waals surface area contributed by atoms with E-state index >= 15 is 0 Å². The van der Waals surface area contributed by atoms with E-state index in [1.165, 1.54) is 0 Å². The average molecular weight is 205 g/mol. The Morgan fingerprint density at radius 3 is 2.38 bits per heavy atom. The smallest absolute Gasteiger partial charge is 1.00 e. The van der Waals surface area contributed by atoms with Gasteiger partial charge in [-0.2, -0.15) is 0 Å². The van der Waals surface area contributed by atoms with Crippen molar-refractivity contribution in [1.29, 1.82) is 0 Å². The molecule has 0 unspecified atom stereocenters. The molecule has 0 aliphatic carbocycles. The van der Waals surface area contributed by atoms with Gasteiger partial charge in [0.05, 0.1) is 13.2 Å². The molecular weight excluding hydrogens is 196 g/mol. The molecule has 0 saturated carbocycles. The van der Waals surface area contributed by atoms with Gasteiger partial charge in [-0.25, -0.2) is 0 Å². The van der Waals surface area contributed by atoms with Crippen molar-refractivity contribution in [3.05, 3.63) is 42.3 Å². The van der Waals surface area contributed by atoms with Crippen LogP contribution in [-0.4, -0.2) is 29.7 Å². The molecule has 0 saturated heterocycles. The topological polar surface area (TPSA) is 9.23 Å². The van der Waals surface area contributed by atoms with E-state index in [0.717, 1.165) is 5.56 Å². The zero-order valence-corrected chi connectivity index (χ0v) is 9.46. The van der Waals surface area contributed by atoms with Gasteiger partial charge >= 0.3 is 23.1 Å². The minimum Gasteiger partial charge on any atom is -1.00 e. The number of benzene rings is 1. The van der Waals surface area contributed by atoms with Gasteiger partial charge in [0, 0.05) is 0 Å². The van der Waals surface area contributed by atoms with Gasteiger partial charge in [0.1, 0.15) is 0 Å². The molecule has 0 aliphatic heterocycles. The van der Waals surface area contributed by atoms with Gasteiger partial charge in [-0.3, -0.25) is 0 Å². The van der Waals surface area contributed by atoms with Gasteiger partial charge in [-0.1, -0.05) is 30.3 Å². The van der Waals surface area contributed by atoms with Crippen LogP contribution in [-0.2, 0) is 11.3 Å². The third-order valence-corrected chi connectivity index (χ3v) is 1.29. The fourth-order valence-corrected chi connectivity index (χ4v) is 0.794. The van der Waals surface area contributed by atoms with Crippen LogP contribution in [0.4, 0.5) is 0 Å². The summed E-state index contributed by atoms with van der Waals surface area (Å²) in [5.41, 5.74) is 1.13. The fraction of sp³-hybridized carbons (Fsp3) is 0.200. The van der Waals surface area contributed by atoms with Gasteiger partial charge in [0.15, 0.2) is 0 Å². The van der Waals surface area contributed by atoms with Gasteiger partial charge in [-0.05, 0) is 5.56 Å². The summed E-state index contributed by atoms with van der Waals surface area (Å²) in [6, 6.07) is 9.87. The van der Waals surface area contributed by atoms with Crippen molar-refractivity contribution >= 4 is 23.1 Å².